The number of rotatable bonds is 5. The number of carbonyl (C=O) groups is 1. The first kappa shape index (κ1) is 18.4. The molecule has 0 aromatic heterocycles. The number of morpholine rings is 1. The van der Waals surface area contributed by atoms with Gasteiger partial charge in [0.05, 0.1) is 32.4 Å². The molecule has 2 aromatic rings. The van der Waals surface area contributed by atoms with E-state index in [-0.39, 0.29) is 12.1 Å². The van der Waals surface area contributed by atoms with E-state index in [2.05, 4.69) is 20.8 Å². The van der Waals surface area contributed by atoms with Crippen LogP contribution in [0.5, 0.6) is 5.75 Å². The molecule has 0 N–H and O–H groups in total. The molecule has 2 aromatic carbocycles. The van der Waals surface area contributed by atoms with Crippen LogP contribution in [0.3, 0.4) is 0 Å². The molecule has 1 saturated heterocycles. The molecule has 0 radical (unpaired) electrons. The molecule has 0 unspecified atom stereocenters. The summed E-state index contributed by atoms with van der Waals surface area (Å²) < 4.78 is 11.8. The average Bonchev–Trinajstić information content (AvgIpc) is 2.61. The summed E-state index contributed by atoms with van der Waals surface area (Å²) >= 11 is 9.70. The van der Waals surface area contributed by atoms with Crippen LogP contribution in [-0.2, 0) is 16.1 Å². The number of carbonyl (C=O) groups excluding carboxylic acids is 1. The third-order valence-electron chi connectivity index (χ3n) is 4.34. The molecule has 0 amide bonds. The van der Waals surface area contributed by atoms with Gasteiger partial charge in [0.1, 0.15) is 12.0 Å². The fraction of sp³-hybridized carbons (Fsp3) is 0.316. The summed E-state index contributed by atoms with van der Waals surface area (Å²) in [6.07, 6.45) is 0.954. The Morgan fingerprint density at radius 3 is 2.68 bits per heavy atom. The zero-order valence-corrected chi connectivity index (χ0v) is 16.2. The van der Waals surface area contributed by atoms with Gasteiger partial charge in [0.25, 0.3) is 0 Å². The van der Waals surface area contributed by atoms with E-state index in [1.54, 1.807) is 7.11 Å². The Labute approximate surface area is 160 Å². The number of methoxy groups -OCH3 is 1. The molecule has 0 bridgehead atoms. The van der Waals surface area contributed by atoms with Gasteiger partial charge < -0.3 is 14.3 Å². The lowest BCUT2D eigenvalue weighted by Gasteiger charge is -2.40. The van der Waals surface area contributed by atoms with Crippen LogP contribution in [0.2, 0.25) is 5.02 Å². The first-order chi connectivity index (χ1) is 12.1. The molecule has 6 heteroatoms. The topological polar surface area (TPSA) is 38.8 Å². The predicted octanol–water partition coefficient (Wildman–Crippen LogP) is 4.25. The van der Waals surface area contributed by atoms with Crippen LogP contribution in [-0.4, -0.2) is 37.6 Å². The Balaban J connectivity index is 1.90. The van der Waals surface area contributed by atoms with Crippen molar-refractivity contribution in [1.29, 1.82) is 0 Å². The van der Waals surface area contributed by atoms with E-state index in [9.17, 15) is 4.79 Å². The summed E-state index contributed by atoms with van der Waals surface area (Å²) in [6.45, 7) is 1.57. The lowest BCUT2D eigenvalue weighted by molar-refractivity contribution is -0.123. The number of hydrogen-bond acceptors (Lipinski definition) is 4. The summed E-state index contributed by atoms with van der Waals surface area (Å²) in [4.78, 5) is 13.8. The zero-order chi connectivity index (χ0) is 17.8. The normalized spacial score (nSPS) is 21.1. The van der Waals surface area contributed by atoms with Gasteiger partial charge in [-0.2, -0.15) is 0 Å². The fourth-order valence-electron chi connectivity index (χ4n) is 3.06. The molecule has 1 fully saturated rings. The summed E-state index contributed by atoms with van der Waals surface area (Å²) in [5.74, 6) is 0.813. The minimum atomic E-state index is -0.293. The van der Waals surface area contributed by atoms with Gasteiger partial charge in [0, 0.05) is 16.0 Å². The van der Waals surface area contributed by atoms with Gasteiger partial charge in [-0.1, -0.05) is 39.7 Å². The summed E-state index contributed by atoms with van der Waals surface area (Å²) in [5.41, 5.74) is 2.14. The van der Waals surface area contributed by atoms with E-state index < -0.39 is 0 Å². The van der Waals surface area contributed by atoms with Crippen molar-refractivity contribution in [1.82, 2.24) is 4.90 Å². The molecule has 0 aliphatic carbocycles. The Kier molecular flexibility index (Phi) is 6.12. The standard InChI is InChI=1S/C19H19BrClNO3/c1-24-18-4-2-13(3-5-18)9-22-17(10-23)11-25-12-19(22)14-6-15(20)8-16(21)7-14/h2-8,10,17,19H,9,11-12H2,1H3/t17-,19+/m1/s1. The Bertz CT molecular complexity index is 718. The second-order valence-electron chi connectivity index (χ2n) is 5.98. The van der Waals surface area contributed by atoms with Crippen molar-refractivity contribution in [3.63, 3.8) is 0 Å². The van der Waals surface area contributed by atoms with Gasteiger partial charge in [-0.25, -0.2) is 0 Å². The molecule has 1 aliphatic rings. The highest BCUT2D eigenvalue weighted by Crippen LogP contribution is 2.32. The van der Waals surface area contributed by atoms with E-state index in [0.717, 1.165) is 27.6 Å². The monoisotopic (exact) mass is 423 g/mol. The Morgan fingerprint density at radius 1 is 1.28 bits per heavy atom. The number of hydrogen-bond donors (Lipinski definition) is 0. The van der Waals surface area contributed by atoms with Gasteiger partial charge in [-0.05, 0) is 41.5 Å². The second-order valence-corrected chi connectivity index (χ2v) is 7.33. The Morgan fingerprint density at radius 2 is 2.04 bits per heavy atom. The van der Waals surface area contributed by atoms with Crippen LogP contribution in [0.15, 0.2) is 46.9 Å². The zero-order valence-electron chi connectivity index (χ0n) is 13.8. The number of halogens is 2. The second kappa shape index (κ2) is 8.32. The van der Waals surface area contributed by atoms with Crippen LogP contribution in [0.25, 0.3) is 0 Å². The maximum absolute atomic E-state index is 11.6. The van der Waals surface area contributed by atoms with Crippen molar-refractivity contribution in [2.24, 2.45) is 0 Å². The lowest BCUT2D eigenvalue weighted by atomic mass is 10.0. The number of ether oxygens (including phenoxy) is 2. The van der Waals surface area contributed by atoms with Gasteiger partial charge in [-0.3, -0.25) is 4.90 Å². The van der Waals surface area contributed by atoms with E-state index in [0.29, 0.717) is 24.8 Å². The number of aldehydes is 1. The molecule has 0 spiro atoms. The van der Waals surface area contributed by atoms with Crippen LogP contribution in [0.1, 0.15) is 17.2 Å². The molecular weight excluding hydrogens is 406 g/mol. The number of benzene rings is 2. The van der Waals surface area contributed by atoms with E-state index >= 15 is 0 Å². The predicted molar refractivity (Wildman–Crippen MR) is 101 cm³/mol. The van der Waals surface area contributed by atoms with Crippen LogP contribution in [0.4, 0.5) is 0 Å². The minimum Gasteiger partial charge on any atom is -0.497 e. The van der Waals surface area contributed by atoms with Gasteiger partial charge >= 0.3 is 0 Å². The van der Waals surface area contributed by atoms with Crippen molar-refractivity contribution in [2.45, 2.75) is 18.6 Å². The van der Waals surface area contributed by atoms with Crippen molar-refractivity contribution >= 4 is 33.8 Å². The SMILES string of the molecule is COc1ccc(CN2[C@H](C=O)COC[C@H]2c2cc(Cl)cc(Br)c2)cc1. The smallest absolute Gasteiger partial charge is 0.139 e. The van der Waals surface area contributed by atoms with Gasteiger partial charge in [0.15, 0.2) is 0 Å². The van der Waals surface area contributed by atoms with Crippen molar-refractivity contribution in [3.05, 3.63) is 63.1 Å². The first-order valence-electron chi connectivity index (χ1n) is 7.98. The maximum atomic E-state index is 11.6. The molecule has 1 heterocycles. The van der Waals surface area contributed by atoms with Crippen LogP contribution in [0, 0.1) is 0 Å². The first-order valence-corrected chi connectivity index (χ1v) is 9.15. The molecule has 132 valence electrons. The van der Waals surface area contributed by atoms with Gasteiger partial charge in [0.2, 0.25) is 0 Å². The lowest BCUT2D eigenvalue weighted by Crippen LogP contribution is -2.47. The third kappa shape index (κ3) is 4.42. The molecular formula is C19H19BrClNO3. The molecule has 4 nitrogen and oxygen atoms in total. The highest BCUT2D eigenvalue weighted by atomic mass is 79.9. The average molecular weight is 425 g/mol. The molecule has 25 heavy (non-hydrogen) atoms. The quantitative estimate of drug-likeness (QED) is 0.673. The molecule has 3 rings (SSSR count). The van der Waals surface area contributed by atoms with E-state index in [4.69, 9.17) is 21.1 Å². The fourth-order valence-corrected chi connectivity index (χ4v) is 3.95. The van der Waals surface area contributed by atoms with Crippen molar-refractivity contribution < 1.29 is 14.3 Å². The van der Waals surface area contributed by atoms with Crippen molar-refractivity contribution in [2.75, 3.05) is 20.3 Å². The summed E-state index contributed by atoms with van der Waals surface area (Å²) in [7, 11) is 1.65. The van der Waals surface area contributed by atoms with Crippen LogP contribution < -0.4 is 4.74 Å². The minimum absolute atomic E-state index is 0.0407. The Hall–Kier alpha value is -1.40. The third-order valence-corrected chi connectivity index (χ3v) is 5.02. The summed E-state index contributed by atoms with van der Waals surface area (Å²) in [5, 5.41) is 0.655. The van der Waals surface area contributed by atoms with Gasteiger partial charge in [-0.15, -0.1) is 0 Å². The van der Waals surface area contributed by atoms with E-state index in [1.807, 2.05) is 42.5 Å². The highest BCUT2D eigenvalue weighted by molar-refractivity contribution is 9.10. The van der Waals surface area contributed by atoms with Crippen molar-refractivity contribution in [3.8, 4) is 5.75 Å². The maximum Gasteiger partial charge on any atom is 0.139 e. The largest absolute Gasteiger partial charge is 0.497 e. The summed E-state index contributed by atoms with van der Waals surface area (Å²) in [6, 6.07) is 13.3. The molecule has 0 saturated carbocycles. The highest BCUT2D eigenvalue weighted by Gasteiger charge is 2.32. The molecule has 1 aliphatic heterocycles. The molecule has 2 atom stereocenters. The van der Waals surface area contributed by atoms with Crippen LogP contribution >= 0.6 is 27.5 Å². The number of nitrogens with zero attached hydrogens (tertiary/aromatic N) is 1. The van der Waals surface area contributed by atoms with E-state index in [1.165, 1.54) is 0 Å².